The molecule has 1 N–H and O–H groups in total. The number of carbonyl (C=O) groups is 1. The Balaban J connectivity index is 2.10. The second-order valence-electron chi connectivity index (χ2n) is 4.52. The molecule has 0 aliphatic carbocycles. The lowest BCUT2D eigenvalue weighted by Crippen LogP contribution is -2.09. The van der Waals surface area contributed by atoms with Gasteiger partial charge in [-0.05, 0) is 29.8 Å². The molecule has 6 nitrogen and oxygen atoms in total. The van der Waals surface area contributed by atoms with Gasteiger partial charge in [-0.3, -0.25) is 14.9 Å². The highest BCUT2D eigenvalue weighted by Crippen LogP contribution is 2.28. The molecule has 2 rings (SSSR count). The van der Waals surface area contributed by atoms with Crippen LogP contribution in [-0.2, 0) is 4.79 Å². The Hall–Kier alpha value is -2.86. The molecule has 0 heterocycles. The molecule has 7 heteroatoms. The minimum Gasteiger partial charge on any atom is -0.494 e. The van der Waals surface area contributed by atoms with Gasteiger partial charge in [-0.2, -0.15) is 0 Å². The Labute approximate surface area is 137 Å². The second kappa shape index (κ2) is 7.42. The van der Waals surface area contributed by atoms with Crippen LogP contribution in [0.5, 0.6) is 5.75 Å². The molecular formula is C16H13ClN2O4. The largest absolute Gasteiger partial charge is 0.494 e. The smallest absolute Gasteiger partial charge is 0.273 e. The Morgan fingerprint density at radius 1 is 1.26 bits per heavy atom. The van der Waals surface area contributed by atoms with Crippen LogP contribution >= 0.6 is 11.6 Å². The number of benzene rings is 2. The fraction of sp³-hybridized carbons (Fsp3) is 0.0625. The number of nitrogens with zero attached hydrogens (tertiary/aromatic N) is 1. The van der Waals surface area contributed by atoms with Crippen LogP contribution in [0.2, 0.25) is 5.02 Å². The van der Waals surface area contributed by atoms with Crippen LogP contribution in [0.4, 0.5) is 11.4 Å². The molecule has 23 heavy (non-hydrogen) atoms. The summed E-state index contributed by atoms with van der Waals surface area (Å²) in [6.07, 6.45) is 2.98. The van der Waals surface area contributed by atoms with Gasteiger partial charge < -0.3 is 10.1 Å². The average molecular weight is 333 g/mol. The van der Waals surface area contributed by atoms with Crippen molar-refractivity contribution in [1.82, 2.24) is 0 Å². The summed E-state index contributed by atoms with van der Waals surface area (Å²) in [4.78, 5) is 22.1. The van der Waals surface area contributed by atoms with E-state index < -0.39 is 4.92 Å². The predicted octanol–water partition coefficient (Wildman–Crippen LogP) is 3.91. The highest BCUT2D eigenvalue weighted by molar-refractivity contribution is 6.30. The van der Waals surface area contributed by atoms with E-state index in [9.17, 15) is 14.9 Å². The minimum atomic E-state index is -0.533. The molecule has 0 aliphatic rings. The van der Waals surface area contributed by atoms with E-state index in [1.54, 1.807) is 30.3 Å². The van der Waals surface area contributed by atoms with E-state index in [-0.39, 0.29) is 17.3 Å². The highest BCUT2D eigenvalue weighted by atomic mass is 35.5. The van der Waals surface area contributed by atoms with Crippen molar-refractivity contribution in [3.05, 3.63) is 69.2 Å². The first-order chi connectivity index (χ1) is 11.0. The van der Waals surface area contributed by atoms with Gasteiger partial charge in [0.1, 0.15) is 5.75 Å². The number of non-ortho nitro benzene ring substituents is 1. The lowest BCUT2D eigenvalue weighted by atomic mass is 10.2. The van der Waals surface area contributed by atoms with Crippen LogP contribution in [-0.4, -0.2) is 17.9 Å². The Kier molecular flexibility index (Phi) is 5.32. The number of nitrogens with one attached hydrogen (secondary N) is 1. The SMILES string of the molecule is COc1cc([N+](=O)[O-])ccc1NC(=O)/C=C/c1ccc(Cl)cc1. The molecule has 0 unspecified atom stereocenters. The lowest BCUT2D eigenvalue weighted by Gasteiger charge is -2.08. The zero-order chi connectivity index (χ0) is 16.8. The van der Waals surface area contributed by atoms with Crippen LogP contribution in [0.1, 0.15) is 5.56 Å². The lowest BCUT2D eigenvalue weighted by molar-refractivity contribution is -0.384. The molecule has 0 atom stereocenters. The molecule has 0 spiro atoms. The van der Waals surface area contributed by atoms with E-state index in [2.05, 4.69) is 5.32 Å². The molecule has 0 aromatic heterocycles. The second-order valence-corrected chi connectivity index (χ2v) is 4.95. The van der Waals surface area contributed by atoms with E-state index in [1.165, 1.54) is 31.4 Å². The van der Waals surface area contributed by atoms with Crippen molar-refractivity contribution in [2.24, 2.45) is 0 Å². The molecule has 0 saturated heterocycles. The van der Waals surface area contributed by atoms with Crippen molar-refractivity contribution in [3.8, 4) is 5.75 Å². The number of nitro benzene ring substituents is 1. The van der Waals surface area contributed by atoms with Crippen molar-refractivity contribution in [1.29, 1.82) is 0 Å². The standard InChI is InChI=1S/C16H13ClN2O4/c1-23-15-10-13(19(21)22)7-8-14(15)18-16(20)9-4-11-2-5-12(17)6-3-11/h2-10H,1H3,(H,18,20)/b9-4+. The van der Waals surface area contributed by atoms with Gasteiger partial charge in [0.2, 0.25) is 5.91 Å². The zero-order valence-corrected chi connectivity index (χ0v) is 12.9. The first-order valence-electron chi connectivity index (χ1n) is 6.56. The summed E-state index contributed by atoms with van der Waals surface area (Å²) in [7, 11) is 1.37. The third-order valence-electron chi connectivity index (χ3n) is 2.95. The van der Waals surface area contributed by atoms with E-state index >= 15 is 0 Å². The highest BCUT2D eigenvalue weighted by Gasteiger charge is 2.12. The van der Waals surface area contributed by atoms with E-state index in [1.807, 2.05) is 0 Å². The van der Waals surface area contributed by atoms with Gasteiger partial charge in [-0.1, -0.05) is 23.7 Å². The number of nitro groups is 1. The van der Waals surface area contributed by atoms with Crippen LogP contribution in [0.15, 0.2) is 48.5 Å². The zero-order valence-electron chi connectivity index (χ0n) is 12.2. The fourth-order valence-electron chi connectivity index (χ4n) is 1.82. The predicted molar refractivity (Wildman–Crippen MR) is 88.8 cm³/mol. The number of halogens is 1. The number of carbonyl (C=O) groups excluding carboxylic acids is 1. The number of amides is 1. The van der Waals surface area contributed by atoms with Crippen molar-refractivity contribution in [3.63, 3.8) is 0 Å². The van der Waals surface area contributed by atoms with Crippen LogP contribution in [0, 0.1) is 10.1 Å². The first kappa shape index (κ1) is 16.5. The van der Waals surface area contributed by atoms with Gasteiger partial charge in [0, 0.05) is 17.2 Å². The van der Waals surface area contributed by atoms with Gasteiger partial charge in [-0.15, -0.1) is 0 Å². The van der Waals surface area contributed by atoms with Gasteiger partial charge in [0.05, 0.1) is 23.8 Å². The number of ether oxygens (including phenoxy) is 1. The summed E-state index contributed by atoms with van der Waals surface area (Å²) in [5.41, 5.74) is 1.06. The monoisotopic (exact) mass is 332 g/mol. The van der Waals surface area contributed by atoms with E-state index in [0.717, 1.165) is 5.56 Å². The molecule has 2 aromatic carbocycles. The number of anilines is 1. The average Bonchev–Trinajstić information content (AvgIpc) is 2.54. The Bertz CT molecular complexity index is 757. The topological polar surface area (TPSA) is 81.5 Å². The molecule has 0 aliphatic heterocycles. The molecule has 0 radical (unpaired) electrons. The summed E-state index contributed by atoms with van der Waals surface area (Å²) in [5.74, 6) is -0.167. The third-order valence-corrected chi connectivity index (χ3v) is 3.20. The fourth-order valence-corrected chi connectivity index (χ4v) is 1.94. The van der Waals surface area contributed by atoms with Crippen LogP contribution in [0.25, 0.3) is 6.08 Å². The van der Waals surface area contributed by atoms with E-state index in [4.69, 9.17) is 16.3 Å². The van der Waals surface area contributed by atoms with Crippen molar-refractivity contribution in [2.45, 2.75) is 0 Å². The van der Waals surface area contributed by atoms with E-state index in [0.29, 0.717) is 10.7 Å². The number of hydrogen-bond donors (Lipinski definition) is 1. The van der Waals surface area contributed by atoms with Crippen molar-refractivity contribution < 1.29 is 14.5 Å². The molecule has 1 amide bonds. The maximum Gasteiger partial charge on any atom is 0.273 e. The van der Waals surface area contributed by atoms with Gasteiger partial charge in [0.15, 0.2) is 0 Å². The maximum absolute atomic E-state index is 11.9. The molecule has 118 valence electrons. The maximum atomic E-state index is 11.9. The molecule has 0 saturated carbocycles. The minimum absolute atomic E-state index is 0.114. The van der Waals surface area contributed by atoms with Gasteiger partial charge in [-0.25, -0.2) is 0 Å². The summed E-state index contributed by atoms with van der Waals surface area (Å²) in [5, 5.41) is 14.0. The van der Waals surface area contributed by atoms with Crippen LogP contribution in [0.3, 0.4) is 0 Å². The molecular weight excluding hydrogens is 320 g/mol. The van der Waals surface area contributed by atoms with Crippen molar-refractivity contribution in [2.75, 3.05) is 12.4 Å². The number of methoxy groups -OCH3 is 1. The summed E-state index contributed by atoms with van der Waals surface area (Å²) >= 11 is 5.78. The third kappa shape index (κ3) is 4.55. The van der Waals surface area contributed by atoms with Crippen molar-refractivity contribution >= 4 is 35.0 Å². The van der Waals surface area contributed by atoms with Gasteiger partial charge in [0.25, 0.3) is 5.69 Å². The summed E-state index contributed by atoms with van der Waals surface area (Å²) in [6.45, 7) is 0. The molecule has 0 fully saturated rings. The quantitative estimate of drug-likeness (QED) is 0.511. The number of rotatable bonds is 5. The van der Waals surface area contributed by atoms with Crippen LogP contribution < -0.4 is 10.1 Å². The first-order valence-corrected chi connectivity index (χ1v) is 6.94. The Morgan fingerprint density at radius 3 is 2.57 bits per heavy atom. The summed E-state index contributed by atoms with van der Waals surface area (Å²) in [6, 6.07) is 11.0. The van der Waals surface area contributed by atoms with Gasteiger partial charge >= 0.3 is 0 Å². The normalized spacial score (nSPS) is 10.5. The molecule has 2 aromatic rings. The summed E-state index contributed by atoms with van der Waals surface area (Å²) < 4.78 is 5.06. The molecule has 0 bridgehead atoms. The number of hydrogen-bond acceptors (Lipinski definition) is 4. The Morgan fingerprint density at radius 2 is 1.96 bits per heavy atom.